The van der Waals surface area contributed by atoms with E-state index < -0.39 is 5.91 Å². The van der Waals surface area contributed by atoms with E-state index in [1.807, 2.05) is 0 Å². The number of morpholine rings is 2. The molecule has 1 aromatic rings. The van der Waals surface area contributed by atoms with Gasteiger partial charge < -0.3 is 19.3 Å². The summed E-state index contributed by atoms with van der Waals surface area (Å²) in [6.45, 7) is 3.46. The average Bonchev–Trinajstić information content (AvgIpc) is 3.29. The first-order valence-electron chi connectivity index (χ1n) is 10.7. The van der Waals surface area contributed by atoms with E-state index in [1.54, 1.807) is 9.80 Å². The van der Waals surface area contributed by atoms with Crippen LogP contribution in [-0.4, -0.2) is 108 Å². The number of nitrogens with one attached hydrogen (secondary N) is 1. The van der Waals surface area contributed by atoms with Gasteiger partial charge >= 0.3 is 0 Å². The highest BCUT2D eigenvalue weighted by molar-refractivity contribution is 6.52. The van der Waals surface area contributed by atoms with Crippen molar-refractivity contribution in [3.63, 3.8) is 0 Å². The number of amides is 3. The number of aromatic nitrogens is 2. The molecule has 0 aromatic carbocycles. The molecule has 0 atom stereocenters. The second-order valence-corrected chi connectivity index (χ2v) is 7.79. The van der Waals surface area contributed by atoms with Crippen molar-refractivity contribution < 1.29 is 23.9 Å². The molecule has 0 aliphatic carbocycles. The number of aryl methyl sites for hydroxylation is 1. The second kappa shape index (κ2) is 9.55. The van der Waals surface area contributed by atoms with Crippen LogP contribution in [0.3, 0.4) is 0 Å². The highest BCUT2D eigenvalue weighted by atomic mass is 16.5. The third kappa shape index (κ3) is 4.52. The number of hydrogen-bond donors (Lipinski definition) is 1. The van der Waals surface area contributed by atoms with E-state index in [1.165, 1.54) is 37.0 Å². The first kappa shape index (κ1) is 22.7. The Balaban J connectivity index is 1.59. The molecule has 2 fully saturated rings. The van der Waals surface area contributed by atoms with Gasteiger partial charge in [0.15, 0.2) is 5.71 Å². The van der Waals surface area contributed by atoms with Gasteiger partial charge in [0.25, 0.3) is 23.3 Å². The molecule has 1 aromatic heterocycles. The molecule has 4 rings (SSSR count). The van der Waals surface area contributed by atoms with Gasteiger partial charge in [-0.1, -0.05) is 6.08 Å². The van der Waals surface area contributed by atoms with Gasteiger partial charge in [0.2, 0.25) is 0 Å². The molecule has 0 spiro atoms. The number of carbonyl (C=O) groups excluding carboxylic acids is 3. The first-order chi connectivity index (χ1) is 15.9. The summed E-state index contributed by atoms with van der Waals surface area (Å²) in [4.78, 5) is 54.2. The monoisotopic (exact) mass is 458 g/mol. The van der Waals surface area contributed by atoms with Crippen molar-refractivity contribution in [2.45, 2.75) is 0 Å². The standard InChI is InChI=1S/C21H26N6O6/c1-24-18(28)14(16(22-24)20(30)26-6-10-32-11-7-26)4-3-5-15-17(23-25(2)19(15)29)21(31)27-8-12-33-13-9-27/h3-5,22H,6-13H2,1-2H3/b4-3?,15-5+. The van der Waals surface area contributed by atoms with E-state index in [2.05, 4.69) is 10.2 Å². The Morgan fingerprint density at radius 1 is 0.939 bits per heavy atom. The van der Waals surface area contributed by atoms with Crippen LogP contribution in [-0.2, 0) is 26.1 Å². The Morgan fingerprint density at radius 2 is 1.52 bits per heavy atom. The van der Waals surface area contributed by atoms with Gasteiger partial charge in [-0.25, -0.2) is 5.01 Å². The molecule has 12 heteroatoms. The minimum atomic E-state index is -0.428. The fourth-order valence-corrected chi connectivity index (χ4v) is 3.80. The quantitative estimate of drug-likeness (QED) is 0.565. The lowest BCUT2D eigenvalue weighted by atomic mass is 10.1. The van der Waals surface area contributed by atoms with E-state index in [0.29, 0.717) is 52.6 Å². The van der Waals surface area contributed by atoms with Gasteiger partial charge in [0.05, 0.1) is 37.6 Å². The van der Waals surface area contributed by atoms with Crippen LogP contribution in [0, 0.1) is 0 Å². The van der Waals surface area contributed by atoms with Crippen LogP contribution in [0.5, 0.6) is 0 Å². The SMILES string of the molecule is CN1N=C(C(=O)N2CCOCC2)/C(=C\C=Cc2c(C(=O)N3CCOCC3)[nH]n(C)c2=O)C1=O. The van der Waals surface area contributed by atoms with Gasteiger partial charge in [-0.3, -0.25) is 29.0 Å². The fourth-order valence-electron chi connectivity index (χ4n) is 3.80. The molecule has 0 radical (unpaired) electrons. The molecule has 0 unspecified atom stereocenters. The van der Waals surface area contributed by atoms with Crippen LogP contribution >= 0.6 is 0 Å². The summed E-state index contributed by atoms with van der Waals surface area (Å²) in [5, 5.41) is 8.01. The Kier molecular flexibility index (Phi) is 6.56. The minimum absolute atomic E-state index is 0.0423. The molecule has 1 N–H and O–H groups in total. The molecular formula is C21H26N6O6. The molecule has 0 bridgehead atoms. The van der Waals surface area contributed by atoms with Gasteiger partial charge in [-0.2, -0.15) is 5.10 Å². The van der Waals surface area contributed by atoms with E-state index in [-0.39, 0.29) is 39.9 Å². The molecule has 12 nitrogen and oxygen atoms in total. The summed E-state index contributed by atoms with van der Waals surface area (Å²) < 4.78 is 11.8. The fraction of sp³-hybridized carbons (Fsp3) is 0.476. The zero-order valence-electron chi connectivity index (χ0n) is 18.6. The van der Waals surface area contributed by atoms with Crippen LogP contribution in [0.4, 0.5) is 0 Å². The number of H-pyrrole nitrogens is 1. The topological polar surface area (TPSA) is 130 Å². The second-order valence-electron chi connectivity index (χ2n) is 7.79. The maximum atomic E-state index is 12.9. The molecule has 2 saturated heterocycles. The lowest BCUT2D eigenvalue weighted by molar-refractivity contribution is -0.128. The summed E-state index contributed by atoms with van der Waals surface area (Å²) in [7, 11) is 3.00. The number of nitrogens with zero attached hydrogens (tertiary/aromatic N) is 5. The molecule has 0 saturated carbocycles. The zero-order valence-corrected chi connectivity index (χ0v) is 18.6. The minimum Gasteiger partial charge on any atom is -0.378 e. The molecule has 176 valence electrons. The van der Waals surface area contributed by atoms with Crippen molar-refractivity contribution in [1.29, 1.82) is 0 Å². The Hall–Kier alpha value is -3.51. The van der Waals surface area contributed by atoms with E-state index in [0.717, 1.165) is 5.01 Å². The van der Waals surface area contributed by atoms with Gasteiger partial charge in [-0.05, 0) is 12.2 Å². The Bertz CT molecular complexity index is 1100. The van der Waals surface area contributed by atoms with Gasteiger partial charge in [0.1, 0.15) is 5.69 Å². The van der Waals surface area contributed by atoms with Crippen LogP contribution in [0.1, 0.15) is 16.1 Å². The summed E-state index contributed by atoms with van der Waals surface area (Å²) in [5.74, 6) is -1.08. The molecule has 3 amide bonds. The third-order valence-electron chi connectivity index (χ3n) is 5.65. The summed E-state index contributed by atoms with van der Waals surface area (Å²) in [6.07, 6.45) is 4.38. The van der Waals surface area contributed by atoms with E-state index in [4.69, 9.17) is 9.47 Å². The van der Waals surface area contributed by atoms with Crippen molar-refractivity contribution in [1.82, 2.24) is 24.6 Å². The van der Waals surface area contributed by atoms with E-state index >= 15 is 0 Å². The largest absolute Gasteiger partial charge is 0.378 e. The van der Waals surface area contributed by atoms with Crippen LogP contribution in [0.2, 0.25) is 0 Å². The van der Waals surface area contributed by atoms with Crippen LogP contribution in [0.25, 0.3) is 6.08 Å². The third-order valence-corrected chi connectivity index (χ3v) is 5.65. The smallest absolute Gasteiger partial charge is 0.276 e. The normalized spacial score (nSPS) is 20.8. The maximum Gasteiger partial charge on any atom is 0.276 e. The summed E-state index contributed by atoms with van der Waals surface area (Å²) >= 11 is 0. The first-order valence-corrected chi connectivity index (χ1v) is 10.7. The van der Waals surface area contributed by atoms with Gasteiger partial charge in [-0.15, -0.1) is 0 Å². The molecule has 33 heavy (non-hydrogen) atoms. The van der Waals surface area contributed by atoms with Crippen molar-refractivity contribution in [3.8, 4) is 0 Å². The Morgan fingerprint density at radius 3 is 2.12 bits per heavy atom. The Labute approximate surface area is 189 Å². The predicted molar refractivity (Wildman–Crippen MR) is 117 cm³/mol. The van der Waals surface area contributed by atoms with Crippen LogP contribution in [0.15, 0.2) is 27.6 Å². The number of hydrazone groups is 1. The van der Waals surface area contributed by atoms with Crippen molar-refractivity contribution in [3.05, 3.63) is 39.3 Å². The lowest BCUT2D eigenvalue weighted by Crippen LogP contribution is -2.44. The predicted octanol–water partition coefficient (Wildman–Crippen LogP) is -1.19. The number of rotatable bonds is 4. The van der Waals surface area contributed by atoms with Crippen molar-refractivity contribution in [2.75, 3.05) is 59.7 Å². The highest BCUT2D eigenvalue weighted by Gasteiger charge is 2.34. The molecule has 4 heterocycles. The molecule has 3 aliphatic heterocycles. The summed E-state index contributed by atoms with van der Waals surface area (Å²) in [5.41, 5.74) is 0.114. The summed E-state index contributed by atoms with van der Waals surface area (Å²) in [6, 6.07) is 0. The van der Waals surface area contributed by atoms with Gasteiger partial charge in [0, 0.05) is 40.3 Å². The number of hydrogen-bond acceptors (Lipinski definition) is 7. The number of likely N-dealkylation sites (N-methyl/N-ethyl adjacent to an activating group) is 1. The van der Waals surface area contributed by atoms with Crippen LogP contribution < -0.4 is 5.56 Å². The number of aromatic amines is 1. The molecular weight excluding hydrogens is 432 g/mol. The lowest BCUT2D eigenvalue weighted by Gasteiger charge is -2.26. The van der Waals surface area contributed by atoms with E-state index in [9.17, 15) is 19.2 Å². The zero-order chi connectivity index (χ0) is 23.5. The molecule has 3 aliphatic rings. The highest BCUT2D eigenvalue weighted by Crippen LogP contribution is 2.17. The maximum absolute atomic E-state index is 12.9. The number of carbonyl (C=O) groups is 3. The van der Waals surface area contributed by atoms with Crippen molar-refractivity contribution in [2.24, 2.45) is 12.1 Å². The average molecular weight is 458 g/mol. The number of allylic oxidation sites excluding steroid dienone is 2. The number of ether oxygens (including phenoxy) is 2. The van der Waals surface area contributed by atoms with Crippen molar-refractivity contribution >= 4 is 29.5 Å².